The van der Waals surface area contributed by atoms with Crippen molar-refractivity contribution >= 4 is 15.9 Å². The third-order valence-electron chi connectivity index (χ3n) is 2.38. The SMILES string of the molecule is CCOCCC(CO)c1ccccc1Br. The van der Waals surface area contributed by atoms with Crippen LogP contribution in [0.1, 0.15) is 24.8 Å². The van der Waals surface area contributed by atoms with Crippen LogP contribution in [-0.4, -0.2) is 24.9 Å². The lowest BCUT2D eigenvalue weighted by atomic mass is 9.97. The molecule has 0 amide bonds. The summed E-state index contributed by atoms with van der Waals surface area (Å²) in [6.07, 6.45) is 0.854. The highest BCUT2D eigenvalue weighted by Crippen LogP contribution is 2.26. The molecule has 84 valence electrons. The van der Waals surface area contributed by atoms with Crippen molar-refractivity contribution in [3.8, 4) is 0 Å². The Morgan fingerprint density at radius 3 is 2.73 bits per heavy atom. The molecular formula is C12H17BrO2. The number of halogens is 1. The van der Waals surface area contributed by atoms with Crippen molar-refractivity contribution in [2.45, 2.75) is 19.3 Å². The first-order chi connectivity index (χ1) is 7.29. The number of ether oxygens (including phenoxy) is 1. The zero-order valence-corrected chi connectivity index (χ0v) is 10.5. The number of aliphatic hydroxyl groups excluding tert-OH is 1. The van der Waals surface area contributed by atoms with E-state index in [9.17, 15) is 5.11 Å². The molecule has 1 rings (SSSR count). The van der Waals surface area contributed by atoms with E-state index in [1.807, 2.05) is 31.2 Å². The van der Waals surface area contributed by atoms with Crippen LogP contribution in [0.2, 0.25) is 0 Å². The number of hydrogen-bond acceptors (Lipinski definition) is 2. The van der Waals surface area contributed by atoms with E-state index in [1.54, 1.807) is 0 Å². The van der Waals surface area contributed by atoms with E-state index >= 15 is 0 Å². The largest absolute Gasteiger partial charge is 0.396 e. The number of hydrogen-bond donors (Lipinski definition) is 1. The molecule has 1 atom stereocenters. The molecule has 3 heteroatoms. The second-order valence-corrected chi connectivity index (χ2v) is 4.24. The second-order valence-electron chi connectivity index (χ2n) is 3.39. The monoisotopic (exact) mass is 272 g/mol. The predicted octanol–water partition coefficient (Wildman–Crippen LogP) is 2.95. The van der Waals surface area contributed by atoms with Crippen LogP contribution in [0, 0.1) is 0 Å². The quantitative estimate of drug-likeness (QED) is 0.807. The highest BCUT2D eigenvalue weighted by molar-refractivity contribution is 9.10. The van der Waals surface area contributed by atoms with E-state index in [1.165, 1.54) is 0 Å². The molecule has 0 aliphatic heterocycles. The van der Waals surface area contributed by atoms with Crippen molar-refractivity contribution < 1.29 is 9.84 Å². The van der Waals surface area contributed by atoms with Crippen LogP contribution >= 0.6 is 15.9 Å². The Morgan fingerprint density at radius 2 is 2.13 bits per heavy atom. The van der Waals surface area contributed by atoms with Gasteiger partial charge in [0.15, 0.2) is 0 Å². The number of benzene rings is 1. The van der Waals surface area contributed by atoms with Gasteiger partial charge in [-0.15, -0.1) is 0 Å². The van der Waals surface area contributed by atoms with Gasteiger partial charge >= 0.3 is 0 Å². The molecule has 0 aliphatic rings. The second kappa shape index (κ2) is 6.99. The Kier molecular flexibility index (Phi) is 5.91. The number of aliphatic hydroxyl groups is 1. The third kappa shape index (κ3) is 3.93. The van der Waals surface area contributed by atoms with Crippen molar-refractivity contribution in [3.05, 3.63) is 34.3 Å². The van der Waals surface area contributed by atoms with Crippen molar-refractivity contribution in [1.29, 1.82) is 0 Å². The maximum Gasteiger partial charge on any atom is 0.0501 e. The number of rotatable bonds is 6. The van der Waals surface area contributed by atoms with Gasteiger partial charge in [0.05, 0.1) is 6.61 Å². The van der Waals surface area contributed by atoms with Gasteiger partial charge in [-0.25, -0.2) is 0 Å². The fraction of sp³-hybridized carbons (Fsp3) is 0.500. The predicted molar refractivity (Wildman–Crippen MR) is 65.1 cm³/mol. The summed E-state index contributed by atoms with van der Waals surface area (Å²) in [5.74, 6) is 0.159. The summed E-state index contributed by atoms with van der Waals surface area (Å²) in [5.41, 5.74) is 1.15. The van der Waals surface area contributed by atoms with Crippen LogP contribution in [-0.2, 0) is 4.74 Å². The highest BCUT2D eigenvalue weighted by Gasteiger charge is 2.12. The van der Waals surface area contributed by atoms with Gasteiger partial charge in [0, 0.05) is 23.6 Å². The average Bonchev–Trinajstić information content (AvgIpc) is 2.26. The van der Waals surface area contributed by atoms with Gasteiger partial charge in [0.1, 0.15) is 0 Å². The minimum atomic E-state index is 0.159. The van der Waals surface area contributed by atoms with Crippen molar-refractivity contribution in [2.75, 3.05) is 19.8 Å². The Labute approximate surface area is 99.4 Å². The summed E-state index contributed by atoms with van der Waals surface area (Å²) in [6, 6.07) is 8.00. The van der Waals surface area contributed by atoms with Gasteiger partial charge < -0.3 is 9.84 Å². The van der Waals surface area contributed by atoms with Gasteiger partial charge in [-0.1, -0.05) is 34.1 Å². The maximum atomic E-state index is 9.33. The third-order valence-corrected chi connectivity index (χ3v) is 3.10. The summed E-state index contributed by atoms with van der Waals surface area (Å²) in [7, 11) is 0. The summed E-state index contributed by atoms with van der Waals surface area (Å²) in [5, 5.41) is 9.33. The molecular weight excluding hydrogens is 256 g/mol. The highest BCUT2D eigenvalue weighted by atomic mass is 79.9. The Bertz CT molecular complexity index is 289. The van der Waals surface area contributed by atoms with E-state index in [0.717, 1.165) is 23.1 Å². The molecule has 1 unspecified atom stereocenters. The fourth-order valence-corrected chi connectivity index (χ4v) is 2.13. The van der Waals surface area contributed by atoms with Crippen LogP contribution < -0.4 is 0 Å². The van der Waals surface area contributed by atoms with Crippen molar-refractivity contribution in [1.82, 2.24) is 0 Å². The molecule has 1 aromatic rings. The maximum absolute atomic E-state index is 9.33. The lowest BCUT2D eigenvalue weighted by Gasteiger charge is -2.15. The first-order valence-corrected chi connectivity index (χ1v) is 6.02. The fourth-order valence-electron chi connectivity index (χ4n) is 1.52. The molecule has 0 radical (unpaired) electrons. The van der Waals surface area contributed by atoms with Crippen LogP contribution in [0.5, 0.6) is 0 Å². The smallest absolute Gasteiger partial charge is 0.0501 e. The summed E-state index contributed by atoms with van der Waals surface area (Å²) >= 11 is 3.49. The zero-order chi connectivity index (χ0) is 11.1. The molecule has 0 heterocycles. The molecule has 0 fully saturated rings. The summed E-state index contributed by atoms with van der Waals surface area (Å²) < 4.78 is 6.36. The zero-order valence-electron chi connectivity index (χ0n) is 8.95. The van der Waals surface area contributed by atoms with Gasteiger partial charge in [-0.3, -0.25) is 0 Å². The van der Waals surface area contributed by atoms with E-state index in [0.29, 0.717) is 6.61 Å². The molecule has 1 N–H and O–H groups in total. The van der Waals surface area contributed by atoms with Crippen LogP contribution in [0.15, 0.2) is 28.7 Å². The van der Waals surface area contributed by atoms with Crippen LogP contribution in [0.3, 0.4) is 0 Å². The normalized spacial score (nSPS) is 12.7. The molecule has 2 nitrogen and oxygen atoms in total. The lowest BCUT2D eigenvalue weighted by molar-refractivity contribution is 0.130. The van der Waals surface area contributed by atoms with Crippen LogP contribution in [0.4, 0.5) is 0 Å². The van der Waals surface area contributed by atoms with E-state index < -0.39 is 0 Å². The molecule has 0 aliphatic carbocycles. The molecule has 1 aromatic carbocycles. The van der Waals surface area contributed by atoms with Gasteiger partial charge in [-0.05, 0) is 25.0 Å². The van der Waals surface area contributed by atoms with Gasteiger partial charge in [-0.2, -0.15) is 0 Å². The lowest BCUT2D eigenvalue weighted by Crippen LogP contribution is -2.08. The van der Waals surface area contributed by atoms with Crippen molar-refractivity contribution in [2.24, 2.45) is 0 Å². The molecule has 0 spiro atoms. The Balaban J connectivity index is 2.61. The Hall–Kier alpha value is -0.380. The average molecular weight is 273 g/mol. The van der Waals surface area contributed by atoms with Crippen molar-refractivity contribution in [3.63, 3.8) is 0 Å². The minimum absolute atomic E-state index is 0.159. The summed E-state index contributed by atoms with van der Waals surface area (Å²) in [6.45, 7) is 3.57. The minimum Gasteiger partial charge on any atom is -0.396 e. The van der Waals surface area contributed by atoms with Gasteiger partial charge in [0.25, 0.3) is 0 Å². The first kappa shape index (κ1) is 12.7. The standard InChI is InChI=1S/C12H17BrO2/c1-2-15-8-7-10(9-14)11-5-3-4-6-12(11)13/h3-6,10,14H,2,7-9H2,1H3. The first-order valence-electron chi connectivity index (χ1n) is 5.22. The van der Waals surface area contributed by atoms with Crippen LogP contribution in [0.25, 0.3) is 0 Å². The molecule has 0 saturated carbocycles. The molecule has 0 saturated heterocycles. The van der Waals surface area contributed by atoms with E-state index in [4.69, 9.17) is 4.74 Å². The molecule has 0 aromatic heterocycles. The van der Waals surface area contributed by atoms with E-state index in [2.05, 4.69) is 15.9 Å². The topological polar surface area (TPSA) is 29.5 Å². The molecule has 15 heavy (non-hydrogen) atoms. The van der Waals surface area contributed by atoms with Gasteiger partial charge in [0.2, 0.25) is 0 Å². The Morgan fingerprint density at radius 1 is 1.40 bits per heavy atom. The van der Waals surface area contributed by atoms with E-state index in [-0.39, 0.29) is 12.5 Å². The summed E-state index contributed by atoms with van der Waals surface area (Å²) in [4.78, 5) is 0. The molecule has 0 bridgehead atoms.